The standard InChI is InChI=1S/C9H18ClN/c1-8-3-5-11(6-4-10)9(2)7-8/h8-9H,3-7H2,1-2H3. The second-order valence-corrected chi connectivity index (χ2v) is 4.08. The number of halogens is 1. The molecule has 11 heavy (non-hydrogen) atoms. The topological polar surface area (TPSA) is 3.24 Å². The van der Waals surface area contributed by atoms with E-state index in [-0.39, 0.29) is 0 Å². The molecule has 1 fully saturated rings. The molecule has 66 valence electrons. The first-order valence-electron chi connectivity index (χ1n) is 4.54. The summed E-state index contributed by atoms with van der Waals surface area (Å²) in [5.74, 6) is 1.69. The molecular weight excluding hydrogens is 158 g/mol. The summed E-state index contributed by atoms with van der Waals surface area (Å²) in [6.07, 6.45) is 2.69. The predicted octanol–water partition coefficient (Wildman–Crippen LogP) is 2.35. The third kappa shape index (κ3) is 2.64. The summed E-state index contributed by atoms with van der Waals surface area (Å²) in [5, 5.41) is 0. The lowest BCUT2D eigenvalue weighted by atomic mass is 9.93. The molecule has 1 nitrogen and oxygen atoms in total. The van der Waals surface area contributed by atoms with Crippen molar-refractivity contribution in [3.05, 3.63) is 0 Å². The largest absolute Gasteiger partial charge is 0.299 e. The summed E-state index contributed by atoms with van der Waals surface area (Å²) >= 11 is 5.69. The van der Waals surface area contributed by atoms with Crippen LogP contribution >= 0.6 is 11.6 Å². The van der Waals surface area contributed by atoms with Crippen LogP contribution in [-0.4, -0.2) is 29.9 Å². The smallest absolute Gasteiger partial charge is 0.0351 e. The average Bonchev–Trinajstić information content (AvgIpc) is 1.95. The SMILES string of the molecule is CC1CCN(CCCl)C(C)C1. The van der Waals surface area contributed by atoms with Gasteiger partial charge in [-0.05, 0) is 32.2 Å². The molecule has 1 saturated heterocycles. The number of rotatable bonds is 2. The molecule has 2 unspecified atom stereocenters. The van der Waals surface area contributed by atoms with Gasteiger partial charge in [-0.1, -0.05) is 6.92 Å². The highest BCUT2D eigenvalue weighted by molar-refractivity contribution is 6.18. The molecule has 1 aliphatic rings. The minimum absolute atomic E-state index is 0.748. The van der Waals surface area contributed by atoms with Crippen LogP contribution in [0.25, 0.3) is 0 Å². The lowest BCUT2D eigenvalue weighted by molar-refractivity contribution is 0.137. The molecule has 1 heterocycles. The van der Waals surface area contributed by atoms with Gasteiger partial charge < -0.3 is 0 Å². The fourth-order valence-corrected chi connectivity index (χ4v) is 2.11. The predicted molar refractivity (Wildman–Crippen MR) is 50.2 cm³/mol. The van der Waals surface area contributed by atoms with Crippen molar-refractivity contribution < 1.29 is 0 Å². The van der Waals surface area contributed by atoms with Crippen molar-refractivity contribution in [3.63, 3.8) is 0 Å². The Hall–Kier alpha value is 0.250. The van der Waals surface area contributed by atoms with E-state index in [1.807, 2.05) is 0 Å². The fourth-order valence-electron chi connectivity index (χ4n) is 1.90. The van der Waals surface area contributed by atoms with Crippen LogP contribution in [0.2, 0.25) is 0 Å². The van der Waals surface area contributed by atoms with Gasteiger partial charge in [-0.25, -0.2) is 0 Å². The molecule has 0 aromatic carbocycles. The van der Waals surface area contributed by atoms with E-state index in [4.69, 9.17) is 11.6 Å². The Balaban J connectivity index is 2.31. The number of alkyl halides is 1. The van der Waals surface area contributed by atoms with Crippen molar-refractivity contribution in [3.8, 4) is 0 Å². The molecule has 0 bridgehead atoms. The highest BCUT2D eigenvalue weighted by Crippen LogP contribution is 2.21. The van der Waals surface area contributed by atoms with Gasteiger partial charge in [-0.3, -0.25) is 4.90 Å². The maximum Gasteiger partial charge on any atom is 0.0351 e. The Labute approximate surface area is 74.7 Å². The van der Waals surface area contributed by atoms with Crippen molar-refractivity contribution >= 4 is 11.6 Å². The molecule has 0 radical (unpaired) electrons. The molecule has 0 aromatic rings. The summed E-state index contributed by atoms with van der Waals surface area (Å²) < 4.78 is 0. The van der Waals surface area contributed by atoms with Gasteiger partial charge in [-0.15, -0.1) is 11.6 Å². The Kier molecular flexibility index (Phi) is 3.67. The molecule has 2 atom stereocenters. The van der Waals surface area contributed by atoms with Gasteiger partial charge in [0.1, 0.15) is 0 Å². The number of likely N-dealkylation sites (tertiary alicyclic amines) is 1. The molecule has 0 spiro atoms. The molecule has 1 aliphatic heterocycles. The number of hydrogen-bond acceptors (Lipinski definition) is 1. The Morgan fingerprint density at radius 2 is 2.18 bits per heavy atom. The fraction of sp³-hybridized carbons (Fsp3) is 1.00. The molecule has 2 heteroatoms. The Morgan fingerprint density at radius 3 is 2.73 bits per heavy atom. The van der Waals surface area contributed by atoms with E-state index in [1.165, 1.54) is 19.4 Å². The maximum absolute atomic E-state index is 5.69. The molecule has 0 saturated carbocycles. The molecule has 0 amide bonds. The Morgan fingerprint density at radius 1 is 1.45 bits per heavy atom. The van der Waals surface area contributed by atoms with E-state index >= 15 is 0 Å². The third-order valence-corrected chi connectivity index (χ3v) is 2.82. The zero-order chi connectivity index (χ0) is 8.27. The average molecular weight is 176 g/mol. The van der Waals surface area contributed by atoms with E-state index in [2.05, 4.69) is 18.7 Å². The first kappa shape index (κ1) is 9.34. The number of nitrogens with zero attached hydrogens (tertiary/aromatic N) is 1. The lowest BCUT2D eigenvalue weighted by Crippen LogP contribution is -2.41. The van der Waals surface area contributed by atoms with E-state index < -0.39 is 0 Å². The van der Waals surface area contributed by atoms with Gasteiger partial charge in [-0.2, -0.15) is 0 Å². The quantitative estimate of drug-likeness (QED) is 0.583. The van der Waals surface area contributed by atoms with Gasteiger partial charge in [0.2, 0.25) is 0 Å². The minimum Gasteiger partial charge on any atom is -0.299 e. The summed E-state index contributed by atoms with van der Waals surface area (Å²) in [5.41, 5.74) is 0. The van der Waals surface area contributed by atoms with Crippen molar-refractivity contribution in [2.75, 3.05) is 19.0 Å². The van der Waals surface area contributed by atoms with Crippen LogP contribution in [0.3, 0.4) is 0 Å². The first-order valence-corrected chi connectivity index (χ1v) is 5.07. The van der Waals surface area contributed by atoms with Gasteiger partial charge in [0.15, 0.2) is 0 Å². The second-order valence-electron chi connectivity index (χ2n) is 3.70. The summed E-state index contributed by atoms with van der Waals surface area (Å²) in [7, 11) is 0. The van der Waals surface area contributed by atoms with Gasteiger partial charge >= 0.3 is 0 Å². The monoisotopic (exact) mass is 175 g/mol. The normalized spacial score (nSPS) is 34.1. The third-order valence-electron chi connectivity index (χ3n) is 2.65. The Bertz CT molecular complexity index is 116. The minimum atomic E-state index is 0.748. The molecule has 0 aliphatic carbocycles. The number of piperidine rings is 1. The molecule has 0 N–H and O–H groups in total. The molecule has 1 rings (SSSR count). The van der Waals surface area contributed by atoms with Crippen molar-refractivity contribution in [2.45, 2.75) is 32.7 Å². The van der Waals surface area contributed by atoms with Crippen molar-refractivity contribution in [1.82, 2.24) is 4.90 Å². The van der Waals surface area contributed by atoms with Crippen LogP contribution in [0.5, 0.6) is 0 Å². The van der Waals surface area contributed by atoms with Crippen LogP contribution in [-0.2, 0) is 0 Å². The van der Waals surface area contributed by atoms with Gasteiger partial charge in [0.25, 0.3) is 0 Å². The maximum atomic E-state index is 5.69. The summed E-state index contributed by atoms with van der Waals surface area (Å²) in [6.45, 7) is 6.96. The van der Waals surface area contributed by atoms with Crippen LogP contribution < -0.4 is 0 Å². The lowest BCUT2D eigenvalue weighted by Gasteiger charge is -2.35. The second kappa shape index (κ2) is 4.32. The number of hydrogen-bond donors (Lipinski definition) is 0. The van der Waals surface area contributed by atoms with E-state index in [0.717, 1.165) is 24.4 Å². The van der Waals surface area contributed by atoms with E-state index in [1.54, 1.807) is 0 Å². The zero-order valence-electron chi connectivity index (χ0n) is 7.52. The summed E-state index contributed by atoms with van der Waals surface area (Å²) in [6, 6.07) is 0.748. The van der Waals surface area contributed by atoms with E-state index in [0.29, 0.717) is 0 Å². The highest BCUT2D eigenvalue weighted by atomic mass is 35.5. The van der Waals surface area contributed by atoms with Crippen LogP contribution in [0.15, 0.2) is 0 Å². The molecule has 0 aromatic heterocycles. The van der Waals surface area contributed by atoms with Crippen LogP contribution in [0, 0.1) is 5.92 Å². The van der Waals surface area contributed by atoms with Crippen LogP contribution in [0.1, 0.15) is 26.7 Å². The van der Waals surface area contributed by atoms with Crippen LogP contribution in [0.4, 0.5) is 0 Å². The highest BCUT2D eigenvalue weighted by Gasteiger charge is 2.21. The van der Waals surface area contributed by atoms with Crippen molar-refractivity contribution in [2.24, 2.45) is 5.92 Å². The zero-order valence-corrected chi connectivity index (χ0v) is 8.27. The van der Waals surface area contributed by atoms with Gasteiger partial charge in [0, 0.05) is 18.5 Å². The first-order chi connectivity index (χ1) is 5.24. The van der Waals surface area contributed by atoms with Gasteiger partial charge in [0.05, 0.1) is 0 Å². The van der Waals surface area contributed by atoms with Crippen molar-refractivity contribution in [1.29, 1.82) is 0 Å². The summed E-state index contributed by atoms with van der Waals surface area (Å²) in [4.78, 5) is 2.49. The molecular formula is C9H18ClN. The van der Waals surface area contributed by atoms with E-state index in [9.17, 15) is 0 Å².